The lowest BCUT2D eigenvalue weighted by Crippen LogP contribution is -2.01. The highest BCUT2D eigenvalue weighted by Gasteiger charge is 2.06. The lowest BCUT2D eigenvalue weighted by molar-refractivity contribution is -0.116. The van der Waals surface area contributed by atoms with E-state index in [-0.39, 0.29) is 0 Å². The van der Waals surface area contributed by atoms with E-state index in [2.05, 4.69) is 13.2 Å². The van der Waals surface area contributed by atoms with Crippen LogP contribution in [0.15, 0.2) is 24.7 Å². The van der Waals surface area contributed by atoms with Crippen LogP contribution in [-0.4, -0.2) is 16.0 Å². The summed E-state index contributed by atoms with van der Waals surface area (Å²) in [5, 5.41) is 16.5. The molecule has 8 heavy (non-hydrogen) atoms. The van der Waals surface area contributed by atoms with E-state index in [0.29, 0.717) is 0 Å². The first-order chi connectivity index (χ1) is 3.55. The molecule has 0 rings (SSSR count). The van der Waals surface area contributed by atoms with E-state index in [0.717, 1.165) is 0 Å². The molecular formula is C5H6O3. The second-order valence-electron chi connectivity index (χ2n) is 1.22. The Kier molecular flexibility index (Phi) is 1.82. The second kappa shape index (κ2) is 2.16. The third-order valence-corrected chi connectivity index (χ3v) is 0.524. The van der Waals surface area contributed by atoms with Gasteiger partial charge in [0.25, 0.3) is 5.78 Å². The van der Waals surface area contributed by atoms with Gasteiger partial charge in [-0.05, 0) is 0 Å². The van der Waals surface area contributed by atoms with E-state index in [1.807, 2.05) is 0 Å². The molecule has 0 aromatic heterocycles. The first-order valence-electron chi connectivity index (χ1n) is 1.86. The lowest BCUT2D eigenvalue weighted by Gasteiger charge is -1.90. The molecule has 0 aliphatic heterocycles. The summed E-state index contributed by atoms with van der Waals surface area (Å²) in [6.45, 7) is 5.72. The first-order valence-corrected chi connectivity index (χ1v) is 1.86. The molecule has 3 nitrogen and oxygen atoms in total. The number of ketones is 1. The molecule has 3 heteroatoms. The number of hydrogen-bond acceptors (Lipinski definition) is 3. The number of rotatable bonds is 2. The average Bonchev–Trinajstić information content (AvgIpc) is 1.64. The number of hydrogen-bond donors (Lipinski definition) is 2. The first kappa shape index (κ1) is 6.75. The van der Waals surface area contributed by atoms with Crippen molar-refractivity contribution in [2.75, 3.05) is 0 Å². The molecule has 0 saturated heterocycles. The third-order valence-electron chi connectivity index (χ3n) is 0.524. The van der Waals surface area contributed by atoms with Crippen molar-refractivity contribution in [1.82, 2.24) is 0 Å². The number of carbonyl (C=O) groups excluding carboxylic acids is 1. The molecule has 2 N–H and O–H groups in total. The van der Waals surface area contributed by atoms with Crippen molar-refractivity contribution in [1.29, 1.82) is 0 Å². The summed E-state index contributed by atoms with van der Waals surface area (Å²) in [6, 6.07) is 0. The van der Waals surface area contributed by atoms with Crippen LogP contribution in [-0.2, 0) is 4.79 Å². The Labute approximate surface area is 46.6 Å². The summed E-state index contributed by atoms with van der Waals surface area (Å²) < 4.78 is 0. The topological polar surface area (TPSA) is 57.5 Å². The molecule has 0 aliphatic rings. The highest BCUT2D eigenvalue weighted by Crippen LogP contribution is 1.92. The predicted octanol–water partition coefficient (Wildman–Crippen LogP) is 0.699. The van der Waals surface area contributed by atoms with Gasteiger partial charge in [-0.3, -0.25) is 4.79 Å². The van der Waals surface area contributed by atoms with E-state index in [1.165, 1.54) is 0 Å². The van der Waals surface area contributed by atoms with Gasteiger partial charge in [0.05, 0.1) is 0 Å². The minimum absolute atomic E-state index is 0.697. The highest BCUT2D eigenvalue weighted by atomic mass is 16.3. The van der Waals surface area contributed by atoms with Crippen LogP contribution in [0, 0.1) is 0 Å². The van der Waals surface area contributed by atoms with Gasteiger partial charge in [0.15, 0.2) is 11.5 Å². The van der Waals surface area contributed by atoms with Crippen molar-refractivity contribution in [2.45, 2.75) is 0 Å². The predicted molar refractivity (Wildman–Crippen MR) is 28.5 cm³/mol. The van der Waals surface area contributed by atoms with Gasteiger partial charge in [0.1, 0.15) is 0 Å². The minimum Gasteiger partial charge on any atom is -0.504 e. The Balaban J connectivity index is 4.05. The second-order valence-corrected chi connectivity index (χ2v) is 1.22. The van der Waals surface area contributed by atoms with Crippen LogP contribution in [0.3, 0.4) is 0 Å². The lowest BCUT2D eigenvalue weighted by atomic mass is 10.3. The van der Waals surface area contributed by atoms with Crippen LogP contribution in [0.5, 0.6) is 0 Å². The molecule has 0 radical (unpaired) electrons. The Morgan fingerprint density at radius 3 is 1.38 bits per heavy atom. The normalized spacial score (nSPS) is 8.00. The molecule has 0 aromatic carbocycles. The van der Waals surface area contributed by atoms with Gasteiger partial charge in [0, 0.05) is 0 Å². The maximum absolute atomic E-state index is 10.1. The Bertz CT molecular complexity index is 130. The maximum Gasteiger partial charge on any atom is 0.260 e. The molecule has 0 aliphatic carbocycles. The quantitative estimate of drug-likeness (QED) is 0.410. The molecule has 0 amide bonds. The number of carbonyl (C=O) groups is 1. The van der Waals surface area contributed by atoms with Crippen LogP contribution in [0.1, 0.15) is 0 Å². The standard InChI is InChI=1S/C5H6O3/c1-3(6)5(8)4(2)7/h6-7H,1-2H2. The van der Waals surface area contributed by atoms with Crippen molar-refractivity contribution in [2.24, 2.45) is 0 Å². The van der Waals surface area contributed by atoms with E-state index in [1.54, 1.807) is 0 Å². The summed E-state index contributed by atoms with van der Waals surface area (Å²) in [7, 11) is 0. The Hall–Kier alpha value is -1.25. The maximum atomic E-state index is 10.1. The zero-order valence-electron chi connectivity index (χ0n) is 4.22. The number of aliphatic hydroxyl groups is 2. The summed E-state index contributed by atoms with van der Waals surface area (Å²) in [5.74, 6) is -2.32. The van der Waals surface area contributed by atoms with Crippen molar-refractivity contribution >= 4 is 5.78 Å². The van der Waals surface area contributed by atoms with Crippen molar-refractivity contribution in [3.05, 3.63) is 24.7 Å². The summed E-state index contributed by atoms with van der Waals surface area (Å²) in [6.07, 6.45) is 0. The molecule has 0 aromatic rings. The van der Waals surface area contributed by atoms with Gasteiger partial charge in [-0.15, -0.1) is 0 Å². The van der Waals surface area contributed by atoms with Crippen LogP contribution in [0.25, 0.3) is 0 Å². The fraction of sp³-hybridized carbons (Fsp3) is 0. The van der Waals surface area contributed by atoms with Crippen LogP contribution in [0.2, 0.25) is 0 Å². The van der Waals surface area contributed by atoms with Crippen molar-refractivity contribution in [3.63, 3.8) is 0 Å². The largest absolute Gasteiger partial charge is 0.504 e. The molecule has 0 fully saturated rings. The van der Waals surface area contributed by atoms with Crippen molar-refractivity contribution < 1.29 is 15.0 Å². The van der Waals surface area contributed by atoms with Crippen molar-refractivity contribution in [3.8, 4) is 0 Å². The number of aliphatic hydroxyl groups excluding tert-OH is 2. The van der Waals surface area contributed by atoms with Crippen LogP contribution < -0.4 is 0 Å². The Morgan fingerprint density at radius 2 is 1.38 bits per heavy atom. The van der Waals surface area contributed by atoms with Gasteiger partial charge in [-0.2, -0.15) is 0 Å². The molecule has 0 unspecified atom stereocenters. The fourth-order valence-corrected chi connectivity index (χ4v) is 0.167. The monoisotopic (exact) mass is 114 g/mol. The van der Waals surface area contributed by atoms with Gasteiger partial charge < -0.3 is 10.2 Å². The zero-order valence-corrected chi connectivity index (χ0v) is 4.22. The zero-order chi connectivity index (χ0) is 6.73. The molecule has 0 atom stereocenters. The molecule has 44 valence electrons. The van der Waals surface area contributed by atoms with Gasteiger partial charge in [-0.1, -0.05) is 13.2 Å². The van der Waals surface area contributed by atoms with Crippen LogP contribution >= 0.6 is 0 Å². The molecule has 0 spiro atoms. The minimum atomic E-state index is -0.926. The van der Waals surface area contributed by atoms with Gasteiger partial charge in [-0.25, -0.2) is 0 Å². The van der Waals surface area contributed by atoms with E-state index < -0.39 is 17.3 Å². The smallest absolute Gasteiger partial charge is 0.260 e. The molecular weight excluding hydrogens is 108 g/mol. The fourth-order valence-electron chi connectivity index (χ4n) is 0.167. The van der Waals surface area contributed by atoms with Gasteiger partial charge >= 0.3 is 0 Å². The molecule has 0 bridgehead atoms. The van der Waals surface area contributed by atoms with E-state index in [4.69, 9.17) is 10.2 Å². The third kappa shape index (κ3) is 1.47. The highest BCUT2D eigenvalue weighted by molar-refractivity contribution is 6.03. The van der Waals surface area contributed by atoms with E-state index >= 15 is 0 Å². The van der Waals surface area contributed by atoms with Crippen LogP contribution in [0.4, 0.5) is 0 Å². The summed E-state index contributed by atoms with van der Waals surface area (Å²) >= 11 is 0. The SMILES string of the molecule is C=C(O)C(=O)C(=C)O. The average molecular weight is 114 g/mol. The van der Waals surface area contributed by atoms with E-state index in [9.17, 15) is 4.79 Å². The summed E-state index contributed by atoms with van der Waals surface area (Å²) in [4.78, 5) is 10.1. The number of Topliss-reactive ketones (excluding diaryl/α,β-unsaturated/α-hetero) is 1. The Morgan fingerprint density at radius 1 is 1.12 bits per heavy atom. The molecule has 0 saturated carbocycles. The van der Waals surface area contributed by atoms with Gasteiger partial charge in [0.2, 0.25) is 0 Å². The summed E-state index contributed by atoms with van der Waals surface area (Å²) in [5.41, 5.74) is 0. The molecule has 0 heterocycles.